The Balaban J connectivity index is 1.90. The highest BCUT2D eigenvalue weighted by Gasteiger charge is 1.99. The Morgan fingerprint density at radius 2 is 2.31 bits per heavy atom. The van der Waals surface area contributed by atoms with Crippen LogP contribution in [-0.4, -0.2) is 16.5 Å². The molecule has 84 valence electrons. The van der Waals surface area contributed by atoms with Crippen molar-refractivity contribution >= 4 is 34.0 Å². The van der Waals surface area contributed by atoms with E-state index in [0.717, 1.165) is 33.6 Å². The van der Waals surface area contributed by atoms with Gasteiger partial charge in [0.2, 0.25) is 0 Å². The SMILES string of the molecule is Nc1ccc(NCCc2cnc[nH]2)c(I)c1. The maximum atomic E-state index is 5.69. The molecule has 16 heavy (non-hydrogen) atoms. The van der Waals surface area contributed by atoms with E-state index < -0.39 is 0 Å². The first-order chi connectivity index (χ1) is 7.75. The molecule has 1 heterocycles. The lowest BCUT2D eigenvalue weighted by atomic mass is 10.2. The van der Waals surface area contributed by atoms with Crippen molar-refractivity contribution in [3.05, 3.63) is 40.0 Å². The summed E-state index contributed by atoms with van der Waals surface area (Å²) >= 11 is 2.28. The fourth-order valence-electron chi connectivity index (χ4n) is 1.43. The summed E-state index contributed by atoms with van der Waals surface area (Å²) in [5, 5.41) is 3.37. The molecule has 2 aromatic rings. The average Bonchev–Trinajstić information content (AvgIpc) is 2.74. The maximum Gasteiger partial charge on any atom is 0.0921 e. The number of hydrogen-bond donors (Lipinski definition) is 3. The smallest absolute Gasteiger partial charge is 0.0921 e. The zero-order valence-electron chi connectivity index (χ0n) is 8.70. The average molecular weight is 328 g/mol. The van der Waals surface area contributed by atoms with E-state index in [0.29, 0.717) is 0 Å². The molecule has 1 aromatic carbocycles. The Morgan fingerprint density at radius 1 is 1.44 bits per heavy atom. The molecule has 0 unspecified atom stereocenters. The molecule has 0 amide bonds. The molecule has 0 saturated heterocycles. The largest absolute Gasteiger partial charge is 0.399 e. The molecule has 2 rings (SSSR count). The Morgan fingerprint density at radius 3 is 3.00 bits per heavy atom. The quantitative estimate of drug-likeness (QED) is 0.596. The minimum Gasteiger partial charge on any atom is -0.399 e. The molecule has 1 aromatic heterocycles. The molecule has 0 fully saturated rings. The van der Waals surface area contributed by atoms with Gasteiger partial charge in [-0.3, -0.25) is 0 Å². The second-order valence-corrected chi connectivity index (χ2v) is 4.66. The molecule has 0 saturated carbocycles. The predicted octanol–water partition coefficient (Wildman–Crippen LogP) is 2.25. The Hall–Kier alpha value is -1.24. The van der Waals surface area contributed by atoms with Gasteiger partial charge in [-0.05, 0) is 40.8 Å². The Labute approximate surface area is 108 Å². The van der Waals surface area contributed by atoms with Crippen LogP contribution in [0.3, 0.4) is 0 Å². The van der Waals surface area contributed by atoms with Crippen LogP contribution in [0.4, 0.5) is 11.4 Å². The molecule has 0 radical (unpaired) electrons. The summed E-state index contributed by atoms with van der Waals surface area (Å²) in [5.41, 5.74) is 8.74. The number of halogens is 1. The van der Waals surface area contributed by atoms with E-state index in [9.17, 15) is 0 Å². The number of hydrogen-bond acceptors (Lipinski definition) is 3. The zero-order chi connectivity index (χ0) is 11.4. The number of aromatic nitrogens is 2. The highest BCUT2D eigenvalue weighted by molar-refractivity contribution is 14.1. The van der Waals surface area contributed by atoms with Crippen molar-refractivity contribution in [3.8, 4) is 0 Å². The van der Waals surface area contributed by atoms with Crippen molar-refractivity contribution in [2.24, 2.45) is 0 Å². The highest BCUT2D eigenvalue weighted by atomic mass is 127. The molecule has 5 heteroatoms. The van der Waals surface area contributed by atoms with E-state index in [-0.39, 0.29) is 0 Å². The van der Waals surface area contributed by atoms with E-state index >= 15 is 0 Å². The summed E-state index contributed by atoms with van der Waals surface area (Å²) in [6.45, 7) is 0.877. The summed E-state index contributed by atoms with van der Waals surface area (Å²) in [4.78, 5) is 7.05. The molecule has 4 N–H and O–H groups in total. The van der Waals surface area contributed by atoms with Gasteiger partial charge in [-0.2, -0.15) is 0 Å². The van der Waals surface area contributed by atoms with Crippen LogP contribution in [0.2, 0.25) is 0 Å². The lowest BCUT2D eigenvalue weighted by molar-refractivity contribution is 0.976. The van der Waals surface area contributed by atoms with Crippen LogP contribution >= 0.6 is 22.6 Å². The van der Waals surface area contributed by atoms with Crippen LogP contribution in [0.1, 0.15) is 5.69 Å². The van der Waals surface area contributed by atoms with Crippen LogP contribution in [0.5, 0.6) is 0 Å². The zero-order valence-corrected chi connectivity index (χ0v) is 10.9. The second kappa shape index (κ2) is 5.20. The van der Waals surface area contributed by atoms with Crippen LogP contribution in [0, 0.1) is 3.57 Å². The molecule has 0 aliphatic rings. The monoisotopic (exact) mass is 328 g/mol. The van der Waals surface area contributed by atoms with Crippen LogP contribution in [0.15, 0.2) is 30.7 Å². The summed E-state index contributed by atoms with van der Waals surface area (Å²) < 4.78 is 1.14. The van der Waals surface area contributed by atoms with Crippen LogP contribution < -0.4 is 11.1 Å². The van der Waals surface area contributed by atoms with Gasteiger partial charge in [0, 0.05) is 39.8 Å². The number of H-pyrrole nitrogens is 1. The fraction of sp³-hybridized carbons (Fsp3) is 0.182. The van der Waals surface area contributed by atoms with Crippen molar-refractivity contribution in [2.75, 3.05) is 17.6 Å². The third kappa shape index (κ3) is 2.88. The number of benzene rings is 1. The van der Waals surface area contributed by atoms with Gasteiger partial charge in [0.05, 0.1) is 6.33 Å². The van der Waals surface area contributed by atoms with Gasteiger partial charge in [0.1, 0.15) is 0 Å². The number of anilines is 2. The van der Waals surface area contributed by atoms with Crippen molar-refractivity contribution in [3.63, 3.8) is 0 Å². The topological polar surface area (TPSA) is 66.7 Å². The normalized spacial score (nSPS) is 10.3. The van der Waals surface area contributed by atoms with Gasteiger partial charge in [0.15, 0.2) is 0 Å². The number of nitrogens with zero attached hydrogens (tertiary/aromatic N) is 1. The molecule has 0 aliphatic carbocycles. The molecule has 0 aliphatic heterocycles. The second-order valence-electron chi connectivity index (χ2n) is 3.49. The van der Waals surface area contributed by atoms with E-state index in [1.807, 2.05) is 24.4 Å². The molecule has 0 atom stereocenters. The lowest BCUT2D eigenvalue weighted by Crippen LogP contribution is -2.06. The number of rotatable bonds is 4. The minimum atomic E-state index is 0.795. The summed E-state index contributed by atoms with van der Waals surface area (Å²) in [5.74, 6) is 0. The van der Waals surface area contributed by atoms with Crippen LogP contribution in [-0.2, 0) is 6.42 Å². The van der Waals surface area contributed by atoms with E-state index in [4.69, 9.17) is 5.73 Å². The van der Waals surface area contributed by atoms with E-state index in [1.165, 1.54) is 0 Å². The maximum absolute atomic E-state index is 5.69. The molecule has 4 nitrogen and oxygen atoms in total. The van der Waals surface area contributed by atoms with Gasteiger partial charge < -0.3 is 16.0 Å². The molecule has 0 bridgehead atoms. The molecule has 0 spiro atoms. The fourth-order valence-corrected chi connectivity index (χ4v) is 2.16. The summed E-state index contributed by atoms with van der Waals surface area (Å²) in [6.07, 6.45) is 4.47. The van der Waals surface area contributed by atoms with Crippen molar-refractivity contribution in [2.45, 2.75) is 6.42 Å². The van der Waals surface area contributed by atoms with Gasteiger partial charge in [-0.15, -0.1) is 0 Å². The van der Waals surface area contributed by atoms with Gasteiger partial charge in [-0.1, -0.05) is 0 Å². The first-order valence-corrected chi connectivity index (χ1v) is 6.10. The van der Waals surface area contributed by atoms with E-state index in [2.05, 4.69) is 37.9 Å². The van der Waals surface area contributed by atoms with Gasteiger partial charge in [0.25, 0.3) is 0 Å². The Kier molecular flexibility index (Phi) is 3.66. The molecular weight excluding hydrogens is 315 g/mol. The first kappa shape index (κ1) is 11.3. The van der Waals surface area contributed by atoms with Crippen LogP contribution in [0.25, 0.3) is 0 Å². The minimum absolute atomic E-state index is 0.795. The molecular formula is C11H13IN4. The number of nitrogens with two attached hydrogens (primary N) is 1. The number of aromatic amines is 1. The number of nitrogen functional groups attached to an aromatic ring is 1. The Bertz CT molecular complexity index is 453. The standard InChI is InChI=1S/C11H13IN4/c12-10-5-8(13)1-2-11(10)15-4-3-9-6-14-7-16-9/h1-2,5-7,15H,3-4,13H2,(H,14,16). The predicted molar refractivity (Wildman–Crippen MR) is 74.4 cm³/mol. The lowest BCUT2D eigenvalue weighted by Gasteiger charge is -2.08. The van der Waals surface area contributed by atoms with Gasteiger partial charge >= 0.3 is 0 Å². The van der Waals surface area contributed by atoms with Gasteiger partial charge in [-0.25, -0.2) is 4.98 Å². The number of imidazole rings is 1. The van der Waals surface area contributed by atoms with Crippen molar-refractivity contribution in [1.29, 1.82) is 0 Å². The van der Waals surface area contributed by atoms with Crippen molar-refractivity contribution < 1.29 is 0 Å². The summed E-state index contributed by atoms with van der Waals surface area (Å²) in [6, 6.07) is 5.86. The third-order valence-corrected chi connectivity index (χ3v) is 3.15. The van der Waals surface area contributed by atoms with E-state index in [1.54, 1.807) is 6.33 Å². The number of nitrogens with one attached hydrogen (secondary N) is 2. The first-order valence-electron chi connectivity index (χ1n) is 5.02. The van der Waals surface area contributed by atoms with Crippen molar-refractivity contribution in [1.82, 2.24) is 9.97 Å². The highest BCUT2D eigenvalue weighted by Crippen LogP contribution is 2.20. The third-order valence-electron chi connectivity index (χ3n) is 2.26. The summed E-state index contributed by atoms with van der Waals surface area (Å²) in [7, 11) is 0.